The Bertz CT molecular complexity index is 1330. The number of rotatable bonds is 8. The van der Waals surface area contributed by atoms with Gasteiger partial charge in [0.25, 0.3) is 0 Å². The molecule has 2 aromatic carbocycles. The fourth-order valence-corrected chi connectivity index (χ4v) is 5.43. The highest BCUT2D eigenvalue weighted by Crippen LogP contribution is 2.24. The summed E-state index contributed by atoms with van der Waals surface area (Å²) < 4.78 is 32.0. The number of aryl methyl sites for hydroxylation is 1. The van der Waals surface area contributed by atoms with Crippen molar-refractivity contribution >= 4 is 43.2 Å². The molecular formula is C20H19ClN4O3S2. The number of thiazole rings is 1. The molecule has 4 aromatic rings. The smallest absolute Gasteiger partial charge is 0.308 e. The van der Waals surface area contributed by atoms with Crippen LogP contribution in [-0.2, 0) is 23.1 Å². The van der Waals surface area contributed by atoms with E-state index in [4.69, 9.17) is 11.6 Å². The molecule has 0 aliphatic carbocycles. The number of hydrogen-bond donors (Lipinski definition) is 1. The fraction of sp³-hybridized carbons (Fsp3) is 0.200. The zero-order valence-electron chi connectivity index (χ0n) is 15.9. The van der Waals surface area contributed by atoms with Crippen LogP contribution in [0.4, 0.5) is 0 Å². The van der Waals surface area contributed by atoms with Crippen molar-refractivity contribution in [2.45, 2.75) is 24.4 Å². The van der Waals surface area contributed by atoms with E-state index in [-0.39, 0.29) is 9.77 Å². The molecule has 0 unspecified atom stereocenters. The van der Waals surface area contributed by atoms with Crippen molar-refractivity contribution in [1.29, 1.82) is 0 Å². The highest BCUT2D eigenvalue weighted by Gasteiger charge is 2.17. The van der Waals surface area contributed by atoms with Gasteiger partial charge in [-0.25, -0.2) is 18.1 Å². The molecule has 30 heavy (non-hydrogen) atoms. The summed E-state index contributed by atoms with van der Waals surface area (Å²) in [7, 11) is -3.66. The first-order valence-corrected chi connectivity index (χ1v) is 11.9. The van der Waals surface area contributed by atoms with Crippen LogP contribution in [0, 0.1) is 0 Å². The Morgan fingerprint density at radius 1 is 1.17 bits per heavy atom. The van der Waals surface area contributed by atoms with Gasteiger partial charge in [-0.2, -0.15) is 0 Å². The highest BCUT2D eigenvalue weighted by molar-refractivity contribution is 7.89. The molecule has 7 nitrogen and oxygen atoms in total. The highest BCUT2D eigenvalue weighted by atomic mass is 35.5. The Morgan fingerprint density at radius 2 is 2.00 bits per heavy atom. The van der Waals surface area contributed by atoms with Gasteiger partial charge in [-0.05, 0) is 36.2 Å². The van der Waals surface area contributed by atoms with Crippen LogP contribution in [0.15, 0.2) is 70.9 Å². The fourth-order valence-electron chi connectivity index (χ4n) is 3.13. The van der Waals surface area contributed by atoms with E-state index in [0.29, 0.717) is 41.3 Å². The summed E-state index contributed by atoms with van der Waals surface area (Å²) in [4.78, 5) is 16.4. The molecule has 0 spiro atoms. The summed E-state index contributed by atoms with van der Waals surface area (Å²) in [5.41, 5.74) is 1.52. The number of sulfonamides is 1. The molecule has 2 heterocycles. The van der Waals surface area contributed by atoms with Crippen LogP contribution in [0.1, 0.15) is 12.0 Å². The first kappa shape index (κ1) is 20.8. The van der Waals surface area contributed by atoms with Crippen molar-refractivity contribution in [3.05, 3.63) is 81.4 Å². The number of halogens is 1. The average Bonchev–Trinajstić information content (AvgIpc) is 3.34. The normalized spacial score (nSPS) is 11.9. The number of nitrogens with zero attached hydrogens (tertiary/aromatic N) is 3. The summed E-state index contributed by atoms with van der Waals surface area (Å²) in [5.74, 6) is 0. The van der Waals surface area contributed by atoms with E-state index in [1.165, 1.54) is 6.07 Å². The van der Waals surface area contributed by atoms with Gasteiger partial charge in [0.05, 0.1) is 28.0 Å². The van der Waals surface area contributed by atoms with Gasteiger partial charge in [0.2, 0.25) is 10.0 Å². The molecule has 2 aromatic heterocycles. The molecule has 0 amide bonds. The molecule has 10 heteroatoms. The van der Waals surface area contributed by atoms with Gasteiger partial charge in [0.15, 0.2) is 0 Å². The lowest BCUT2D eigenvalue weighted by Gasteiger charge is -2.08. The third-order valence-corrected chi connectivity index (χ3v) is 7.45. The van der Waals surface area contributed by atoms with Crippen molar-refractivity contribution in [2.75, 3.05) is 6.54 Å². The second-order valence-electron chi connectivity index (χ2n) is 6.73. The van der Waals surface area contributed by atoms with E-state index in [1.54, 1.807) is 35.3 Å². The average molecular weight is 463 g/mol. The summed E-state index contributed by atoms with van der Waals surface area (Å²) in [6.07, 6.45) is 5.84. The van der Waals surface area contributed by atoms with E-state index in [9.17, 15) is 13.2 Å². The van der Waals surface area contributed by atoms with Gasteiger partial charge in [0, 0.05) is 30.5 Å². The second-order valence-corrected chi connectivity index (χ2v) is 9.89. The maximum atomic E-state index is 12.6. The molecule has 4 rings (SSSR count). The van der Waals surface area contributed by atoms with Crippen LogP contribution in [0.25, 0.3) is 10.2 Å². The predicted octanol–water partition coefficient (Wildman–Crippen LogP) is 3.33. The van der Waals surface area contributed by atoms with Crippen molar-refractivity contribution < 1.29 is 8.42 Å². The van der Waals surface area contributed by atoms with E-state index < -0.39 is 10.0 Å². The zero-order valence-corrected chi connectivity index (χ0v) is 18.3. The Hall–Kier alpha value is -2.46. The molecule has 0 saturated heterocycles. The van der Waals surface area contributed by atoms with E-state index in [1.807, 2.05) is 29.0 Å². The first-order chi connectivity index (χ1) is 14.4. The minimum absolute atomic E-state index is 0.142. The largest absolute Gasteiger partial charge is 0.337 e. The maximum Gasteiger partial charge on any atom is 0.308 e. The lowest BCUT2D eigenvalue weighted by molar-refractivity contribution is 0.570. The lowest BCUT2D eigenvalue weighted by Crippen LogP contribution is -2.25. The van der Waals surface area contributed by atoms with Crippen molar-refractivity contribution in [3.8, 4) is 0 Å². The molecule has 156 valence electrons. The van der Waals surface area contributed by atoms with Crippen LogP contribution in [-0.4, -0.2) is 29.1 Å². The third-order valence-electron chi connectivity index (χ3n) is 4.68. The quantitative estimate of drug-likeness (QED) is 0.407. The topological polar surface area (TPSA) is 86.0 Å². The van der Waals surface area contributed by atoms with Crippen LogP contribution in [0.2, 0.25) is 5.02 Å². The van der Waals surface area contributed by atoms with Gasteiger partial charge in [-0.1, -0.05) is 41.1 Å². The standard InChI is InChI=1S/C20H19ClN4O3S2/c21-17-5-2-1-4-15(17)13-25-18-7-6-16(12-19(18)29-20(25)26)30(27,28)23-8-3-10-24-11-9-22-14-24/h1-2,4-7,9,11-12,14,23H,3,8,10,13H2. The lowest BCUT2D eigenvalue weighted by atomic mass is 10.2. The Balaban J connectivity index is 1.52. The number of aromatic nitrogens is 3. The number of benzene rings is 2. The minimum Gasteiger partial charge on any atom is -0.337 e. The van der Waals surface area contributed by atoms with E-state index in [0.717, 1.165) is 16.9 Å². The first-order valence-electron chi connectivity index (χ1n) is 9.26. The van der Waals surface area contributed by atoms with Crippen LogP contribution in [0.5, 0.6) is 0 Å². The van der Waals surface area contributed by atoms with Crippen molar-refractivity contribution in [1.82, 2.24) is 18.8 Å². The van der Waals surface area contributed by atoms with Gasteiger partial charge < -0.3 is 4.57 Å². The maximum absolute atomic E-state index is 12.6. The summed E-state index contributed by atoms with van der Waals surface area (Å²) >= 11 is 7.24. The molecule has 1 N–H and O–H groups in total. The molecule has 0 atom stereocenters. The van der Waals surface area contributed by atoms with E-state index in [2.05, 4.69) is 9.71 Å². The van der Waals surface area contributed by atoms with Gasteiger partial charge in [0.1, 0.15) is 0 Å². The molecule has 0 bridgehead atoms. The number of imidazole rings is 1. The summed E-state index contributed by atoms with van der Waals surface area (Å²) in [6, 6.07) is 12.1. The monoisotopic (exact) mass is 462 g/mol. The van der Waals surface area contributed by atoms with Gasteiger partial charge >= 0.3 is 4.87 Å². The van der Waals surface area contributed by atoms with Crippen molar-refractivity contribution in [2.24, 2.45) is 0 Å². The van der Waals surface area contributed by atoms with Gasteiger partial charge in [-0.15, -0.1) is 0 Å². The molecule has 0 saturated carbocycles. The van der Waals surface area contributed by atoms with Gasteiger partial charge in [-0.3, -0.25) is 9.36 Å². The van der Waals surface area contributed by atoms with Crippen LogP contribution >= 0.6 is 22.9 Å². The zero-order chi connectivity index (χ0) is 21.1. The third kappa shape index (κ3) is 4.49. The SMILES string of the molecule is O=c1sc2cc(S(=O)(=O)NCCCn3ccnc3)ccc2n1Cc1ccccc1Cl. The second kappa shape index (κ2) is 8.73. The molecule has 0 radical (unpaired) electrons. The minimum atomic E-state index is -3.66. The number of hydrogen-bond acceptors (Lipinski definition) is 5. The molecular weight excluding hydrogens is 444 g/mol. The Kier molecular flexibility index (Phi) is 6.05. The molecule has 0 aliphatic rings. The summed E-state index contributed by atoms with van der Waals surface area (Å²) in [5, 5.41) is 0.586. The molecule has 0 fully saturated rings. The number of fused-ring (bicyclic) bond motifs is 1. The summed E-state index contributed by atoms with van der Waals surface area (Å²) in [6.45, 7) is 1.31. The predicted molar refractivity (Wildman–Crippen MR) is 119 cm³/mol. The van der Waals surface area contributed by atoms with Crippen LogP contribution < -0.4 is 9.60 Å². The van der Waals surface area contributed by atoms with Crippen LogP contribution in [0.3, 0.4) is 0 Å². The Labute approximate surface area is 182 Å². The Morgan fingerprint density at radius 3 is 2.77 bits per heavy atom. The van der Waals surface area contributed by atoms with Crippen molar-refractivity contribution in [3.63, 3.8) is 0 Å². The van der Waals surface area contributed by atoms with E-state index >= 15 is 0 Å². The molecule has 0 aliphatic heterocycles. The number of nitrogens with one attached hydrogen (secondary N) is 1.